The van der Waals surface area contributed by atoms with Crippen LogP contribution in [0.4, 0.5) is 0 Å². The van der Waals surface area contributed by atoms with Crippen LogP contribution in [0.5, 0.6) is 0 Å². The summed E-state index contributed by atoms with van der Waals surface area (Å²) >= 11 is 0. The summed E-state index contributed by atoms with van der Waals surface area (Å²) in [6.07, 6.45) is 1.11. The minimum Gasteiger partial charge on any atom is -0.377 e. The molecule has 15 heavy (non-hydrogen) atoms. The van der Waals surface area contributed by atoms with Gasteiger partial charge < -0.3 is 18.2 Å². The topological polar surface area (TPSA) is 43.0 Å². The first-order valence-electron chi connectivity index (χ1n) is 5.14. The molecule has 0 heterocycles. The molecule has 0 aromatic heterocycles. The van der Waals surface area contributed by atoms with Gasteiger partial charge in [-0.25, -0.2) is 0 Å². The lowest BCUT2D eigenvalue weighted by Gasteiger charge is -2.22. The molecule has 0 aliphatic rings. The third-order valence-corrected chi connectivity index (χ3v) is 4.29. The van der Waals surface area contributed by atoms with E-state index in [2.05, 4.69) is 24.3 Å². The van der Waals surface area contributed by atoms with Crippen LogP contribution in [0.2, 0.25) is 6.55 Å². The Balaban J connectivity index is 3.37. The van der Waals surface area contributed by atoms with Gasteiger partial charge in [-0.05, 0) is 33.6 Å². The first-order chi connectivity index (χ1) is 7.04. The fourth-order valence-electron chi connectivity index (χ4n) is 0.976. The second kappa shape index (κ2) is 8.20. The summed E-state index contributed by atoms with van der Waals surface area (Å²) in [7, 11) is 5.01. The zero-order valence-corrected chi connectivity index (χ0v) is 11.5. The van der Waals surface area contributed by atoms with Crippen LogP contribution in [0, 0.1) is 0 Å². The van der Waals surface area contributed by atoms with Crippen molar-refractivity contribution in [2.24, 2.45) is 0 Å². The molecule has 0 bridgehead atoms. The molecule has 92 valence electrons. The number of nitrogens with one attached hydrogen (secondary N) is 1. The van der Waals surface area contributed by atoms with Crippen LogP contribution in [0.25, 0.3) is 0 Å². The van der Waals surface area contributed by atoms with E-state index in [1.54, 1.807) is 14.2 Å². The van der Waals surface area contributed by atoms with E-state index in [4.69, 9.17) is 13.3 Å². The van der Waals surface area contributed by atoms with Gasteiger partial charge in [-0.1, -0.05) is 0 Å². The smallest absolute Gasteiger partial charge is 0.377 e. The average molecular weight is 236 g/mol. The quantitative estimate of drug-likeness (QED) is 0.356. The molecule has 1 N–H and O–H groups in total. The molecule has 0 radical (unpaired) electrons. The molecule has 0 rings (SSSR count). The van der Waals surface area contributed by atoms with Crippen LogP contribution in [0.3, 0.4) is 0 Å². The molecule has 0 fully saturated rings. The van der Waals surface area contributed by atoms with Crippen molar-refractivity contribution in [3.05, 3.63) is 0 Å². The third-order valence-electron chi connectivity index (χ3n) is 2.14. The first kappa shape index (κ1) is 15.0. The molecule has 6 heteroatoms. The Labute approximate surface area is 94.1 Å². The Kier molecular flexibility index (Phi) is 8.21. The van der Waals surface area contributed by atoms with Gasteiger partial charge >= 0.3 is 8.80 Å². The molecule has 0 aromatic rings. The third kappa shape index (κ3) is 7.89. The molecule has 0 spiro atoms. The van der Waals surface area contributed by atoms with E-state index in [1.165, 1.54) is 0 Å². The maximum atomic E-state index is 5.50. The minimum atomic E-state index is -2.35. The van der Waals surface area contributed by atoms with Crippen LogP contribution in [0.1, 0.15) is 6.42 Å². The summed E-state index contributed by atoms with van der Waals surface area (Å²) in [4.78, 5) is 2.16. The molecule has 0 unspecified atom stereocenters. The first-order valence-corrected chi connectivity index (χ1v) is 7.36. The SMILES string of the molecule is CO[Si](C)(OC)OCNCCCN(C)C. The van der Waals surface area contributed by atoms with E-state index in [0.717, 1.165) is 19.5 Å². The monoisotopic (exact) mass is 236 g/mol. The molecular weight excluding hydrogens is 212 g/mol. The van der Waals surface area contributed by atoms with E-state index < -0.39 is 8.80 Å². The van der Waals surface area contributed by atoms with Crippen LogP contribution in [-0.2, 0) is 13.3 Å². The van der Waals surface area contributed by atoms with Crippen molar-refractivity contribution >= 4 is 8.80 Å². The zero-order chi connectivity index (χ0) is 11.7. The molecule has 0 saturated carbocycles. The molecule has 0 aliphatic heterocycles. The van der Waals surface area contributed by atoms with Crippen molar-refractivity contribution in [1.29, 1.82) is 0 Å². The van der Waals surface area contributed by atoms with Crippen LogP contribution < -0.4 is 5.32 Å². The Morgan fingerprint density at radius 1 is 1.20 bits per heavy atom. The highest BCUT2D eigenvalue weighted by Crippen LogP contribution is 2.04. The largest absolute Gasteiger partial charge is 0.498 e. The van der Waals surface area contributed by atoms with E-state index >= 15 is 0 Å². The van der Waals surface area contributed by atoms with Crippen molar-refractivity contribution in [2.75, 3.05) is 48.1 Å². The van der Waals surface area contributed by atoms with Gasteiger partial charge in [0, 0.05) is 20.8 Å². The lowest BCUT2D eigenvalue weighted by atomic mass is 10.4. The molecule has 0 amide bonds. The summed E-state index contributed by atoms with van der Waals surface area (Å²) in [5, 5.41) is 3.19. The van der Waals surface area contributed by atoms with Gasteiger partial charge in [-0.2, -0.15) is 0 Å². The highest BCUT2D eigenvalue weighted by Gasteiger charge is 2.31. The second-order valence-corrected chi connectivity index (χ2v) is 6.55. The van der Waals surface area contributed by atoms with Crippen LogP contribution in [-0.4, -0.2) is 61.8 Å². The van der Waals surface area contributed by atoms with Gasteiger partial charge in [-0.3, -0.25) is 5.32 Å². The Morgan fingerprint density at radius 2 is 1.80 bits per heavy atom. The lowest BCUT2D eigenvalue weighted by molar-refractivity contribution is 0.0970. The molecule has 5 nitrogen and oxygen atoms in total. The van der Waals surface area contributed by atoms with Gasteiger partial charge in [0.2, 0.25) is 0 Å². The van der Waals surface area contributed by atoms with Crippen molar-refractivity contribution < 1.29 is 13.3 Å². The standard InChI is InChI=1S/C9H24N2O3Si/c1-11(2)8-6-7-10-9-14-15(5,12-3)13-4/h10H,6-9H2,1-5H3. The highest BCUT2D eigenvalue weighted by atomic mass is 28.4. The van der Waals surface area contributed by atoms with Gasteiger partial charge in [0.25, 0.3) is 0 Å². The summed E-state index contributed by atoms with van der Waals surface area (Å²) in [6, 6.07) is 0. The maximum Gasteiger partial charge on any atom is 0.498 e. The van der Waals surface area contributed by atoms with E-state index in [9.17, 15) is 0 Å². The van der Waals surface area contributed by atoms with Crippen molar-refractivity contribution in [3.8, 4) is 0 Å². The minimum absolute atomic E-state index is 0.484. The summed E-state index contributed by atoms with van der Waals surface area (Å²) in [6.45, 7) is 4.37. The van der Waals surface area contributed by atoms with Crippen molar-refractivity contribution in [2.45, 2.75) is 13.0 Å². The number of hydrogen-bond acceptors (Lipinski definition) is 5. The molecule has 0 aliphatic carbocycles. The fraction of sp³-hybridized carbons (Fsp3) is 1.00. The number of nitrogens with zero attached hydrogens (tertiary/aromatic N) is 1. The molecule has 0 atom stereocenters. The second-order valence-electron chi connectivity index (χ2n) is 3.72. The zero-order valence-electron chi connectivity index (χ0n) is 10.5. The highest BCUT2D eigenvalue weighted by molar-refractivity contribution is 6.59. The van der Waals surface area contributed by atoms with Gasteiger partial charge in [0.15, 0.2) is 0 Å². The normalized spacial score (nSPS) is 12.4. The van der Waals surface area contributed by atoms with E-state index in [-0.39, 0.29) is 0 Å². The van der Waals surface area contributed by atoms with Crippen LogP contribution in [0.15, 0.2) is 0 Å². The predicted octanol–water partition coefficient (Wildman–Crippen LogP) is 0.363. The van der Waals surface area contributed by atoms with Crippen molar-refractivity contribution in [1.82, 2.24) is 10.2 Å². The Hall–Kier alpha value is 0.0169. The van der Waals surface area contributed by atoms with Gasteiger partial charge in [0.05, 0.1) is 6.73 Å². The maximum absolute atomic E-state index is 5.50. The van der Waals surface area contributed by atoms with E-state index in [0.29, 0.717) is 6.73 Å². The Morgan fingerprint density at radius 3 is 2.27 bits per heavy atom. The van der Waals surface area contributed by atoms with Crippen molar-refractivity contribution in [3.63, 3.8) is 0 Å². The molecular formula is C9H24N2O3Si. The Bertz CT molecular complexity index is 154. The molecule has 0 aromatic carbocycles. The predicted molar refractivity (Wildman–Crippen MR) is 62.8 cm³/mol. The van der Waals surface area contributed by atoms with Gasteiger partial charge in [0.1, 0.15) is 0 Å². The van der Waals surface area contributed by atoms with Gasteiger partial charge in [-0.15, -0.1) is 0 Å². The summed E-state index contributed by atoms with van der Waals surface area (Å²) < 4.78 is 15.9. The lowest BCUT2D eigenvalue weighted by Crippen LogP contribution is -2.43. The molecule has 0 saturated heterocycles. The average Bonchev–Trinajstić information content (AvgIpc) is 2.22. The number of rotatable bonds is 9. The van der Waals surface area contributed by atoms with E-state index in [1.807, 2.05) is 6.55 Å². The summed E-state index contributed by atoms with van der Waals surface area (Å²) in [5.41, 5.74) is 0. The van der Waals surface area contributed by atoms with Crippen LogP contribution >= 0.6 is 0 Å². The fourth-order valence-corrected chi connectivity index (χ4v) is 1.74. The summed E-state index contributed by atoms with van der Waals surface area (Å²) in [5.74, 6) is 0. The number of hydrogen-bond donors (Lipinski definition) is 1.